The van der Waals surface area contributed by atoms with E-state index >= 15 is 0 Å². The van der Waals surface area contributed by atoms with Gasteiger partial charge in [0.1, 0.15) is 11.5 Å². The number of amidine groups is 1. The first kappa shape index (κ1) is 27.2. The van der Waals surface area contributed by atoms with Gasteiger partial charge in [-0.05, 0) is 66.4 Å². The minimum absolute atomic E-state index is 0.0648. The van der Waals surface area contributed by atoms with Crippen LogP contribution in [0.3, 0.4) is 0 Å². The number of halogens is 2. The van der Waals surface area contributed by atoms with Crippen LogP contribution in [0, 0.1) is 0 Å². The maximum atomic E-state index is 13.1. The normalized spacial score (nSPS) is 15.8. The monoisotopic (exact) mass is 616 g/mol. The fourth-order valence-electron chi connectivity index (χ4n) is 3.55. The number of carbonyl (C=O) groups excluding carboxylic acids is 1. The number of benzene rings is 2. The van der Waals surface area contributed by atoms with Gasteiger partial charge in [0.15, 0.2) is 10.3 Å². The molecule has 0 aliphatic carbocycles. The zero-order valence-electron chi connectivity index (χ0n) is 19.9. The molecule has 1 aliphatic heterocycles. The Kier molecular flexibility index (Phi) is 7.96. The standard InChI is InChI=1S/C26H18Cl2N4O4S3/c1-2-10-32-24(33)23(15-20-5-8-22(36-20)16-12-17(27)14-18(28)13-16)38-26(32)30-19-3-6-21(7-4-19)39(34,35)31-25-29-9-11-37-25/h2-9,11-15H,1,10H2,(H,29,31). The summed E-state index contributed by atoms with van der Waals surface area (Å²) in [5.41, 5.74) is 1.19. The van der Waals surface area contributed by atoms with Gasteiger partial charge in [-0.1, -0.05) is 29.3 Å². The molecule has 1 amide bonds. The fourth-order valence-corrected chi connectivity index (χ4v) is 6.85. The van der Waals surface area contributed by atoms with E-state index in [1.54, 1.807) is 60.0 Å². The first-order valence-electron chi connectivity index (χ1n) is 11.2. The molecule has 5 rings (SSSR count). The molecule has 1 aliphatic rings. The summed E-state index contributed by atoms with van der Waals surface area (Å²) in [6.07, 6.45) is 4.76. The van der Waals surface area contributed by atoms with E-state index in [1.807, 2.05) is 0 Å². The lowest BCUT2D eigenvalue weighted by Gasteiger charge is -2.12. The number of sulfonamides is 1. The first-order valence-corrected chi connectivity index (χ1v) is 15.1. The van der Waals surface area contributed by atoms with Gasteiger partial charge in [-0.3, -0.25) is 14.4 Å². The molecule has 0 unspecified atom stereocenters. The van der Waals surface area contributed by atoms with Gasteiger partial charge < -0.3 is 4.42 Å². The SMILES string of the molecule is C=CCN1C(=O)C(=Cc2ccc(-c3cc(Cl)cc(Cl)c3)o2)SC1=Nc1ccc(S(=O)(=O)Nc2nccs2)cc1. The van der Waals surface area contributed by atoms with Crippen LogP contribution in [-0.2, 0) is 14.8 Å². The second-order valence-electron chi connectivity index (χ2n) is 8.01. The summed E-state index contributed by atoms with van der Waals surface area (Å²) >= 11 is 14.6. The van der Waals surface area contributed by atoms with Crippen molar-refractivity contribution in [1.29, 1.82) is 0 Å². The Bertz CT molecular complexity index is 1690. The summed E-state index contributed by atoms with van der Waals surface area (Å²) in [7, 11) is -3.79. The number of nitrogens with one attached hydrogen (secondary N) is 1. The highest BCUT2D eigenvalue weighted by atomic mass is 35.5. The number of aliphatic imine (C=N–C) groups is 1. The third-order valence-corrected chi connectivity index (χ3v) is 8.89. The van der Waals surface area contributed by atoms with Gasteiger partial charge in [0.2, 0.25) is 0 Å². The van der Waals surface area contributed by atoms with Gasteiger partial charge in [-0.15, -0.1) is 17.9 Å². The van der Waals surface area contributed by atoms with Crippen molar-refractivity contribution in [2.75, 3.05) is 11.3 Å². The number of aromatic nitrogens is 1. The number of thioether (sulfide) groups is 1. The minimum atomic E-state index is -3.79. The summed E-state index contributed by atoms with van der Waals surface area (Å²) in [5.74, 6) is 0.770. The molecule has 8 nitrogen and oxygen atoms in total. The second kappa shape index (κ2) is 11.4. The molecular weight excluding hydrogens is 599 g/mol. The van der Waals surface area contributed by atoms with Gasteiger partial charge in [-0.2, -0.15) is 0 Å². The number of carbonyl (C=O) groups is 1. The molecule has 39 heavy (non-hydrogen) atoms. The van der Waals surface area contributed by atoms with E-state index in [4.69, 9.17) is 27.6 Å². The molecule has 2 aromatic heterocycles. The molecular formula is C26H18Cl2N4O4S3. The molecule has 198 valence electrons. The fraction of sp³-hybridized carbons (Fsp3) is 0.0385. The maximum absolute atomic E-state index is 13.1. The number of amides is 1. The van der Waals surface area contributed by atoms with Crippen molar-refractivity contribution >= 4 is 84.3 Å². The predicted octanol–water partition coefficient (Wildman–Crippen LogP) is 7.30. The first-order chi connectivity index (χ1) is 18.7. The third kappa shape index (κ3) is 6.29. The van der Waals surface area contributed by atoms with Gasteiger partial charge in [0.25, 0.3) is 15.9 Å². The highest BCUT2D eigenvalue weighted by Crippen LogP contribution is 2.36. The zero-order valence-corrected chi connectivity index (χ0v) is 23.8. The van der Waals surface area contributed by atoms with E-state index in [0.717, 1.165) is 0 Å². The summed E-state index contributed by atoms with van der Waals surface area (Å²) in [6.45, 7) is 3.98. The molecule has 1 fully saturated rings. The largest absolute Gasteiger partial charge is 0.457 e. The third-order valence-electron chi connectivity index (χ3n) is 5.27. The topological polar surface area (TPSA) is 105 Å². The second-order valence-corrected chi connectivity index (χ2v) is 12.5. The number of hydrogen-bond acceptors (Lipinski definition) is 8. The molecule has 1 saturated heterocycles. The van der Waals surface area contributed by atoms with Crippen LogP contribution in [0.5, 0.6) is 0 Å². The summed E-state index contributed by atoms with van der Waals surface area (Å²) < 4.78 is 33.5. The molecule has 4 aromatic rings. The molecule has 0 atom stereocenters. The van der Waals surface area contributed by atoms with E-state index in [9.17, 15) is 13.2 Å². The number of hydrogen-bond donors (Lipinski definition) is 1. The van der Waals surface area contributed by atoms with Crippen molar-refractivity contribution in [3.05, 3.63) is 99.5 Å². The van der Waals surface area contributed by atoms with Crippen LogP contribution < -0.4 is 4.72 Å². The lowest BCUT2D eigenvalue weighted by Crippen LogP contribution is -2.29. The average Bonchev–Trinajstić information content (AvgIpc) is 3.63. The lowest BCUT2D eigenvalue weighted by molar-refractivity contribution is -0.121. The van der Waals surface area contributed by atoms with Crippen molar-refractivity contribution in [3.63, 3.8) is 0 Å². The molecule has 3 heterocycles. The van der Waals surface area contributed by atoms with E-state index in [0.29, 0.717) is 42.9 Å². The zero-order chi connectivity index (χ0) is 27.6. The molecule has 0 radical (unpaired) electrons. The summed E-state index contributed by atoms with van der Waals surface area (Å²) in [5, 5.41) is 3.35. The number of nitrogens with zero attached hydrogens (tertiary/aromatic N) is 3. The predicted molar refractivity (Wildman–Crippen MR) is 158 cm³/mol. The van der Waals surface area contributed by atoms with Crippen LogP contribution in [0.15, 0.2) is 98.0 Å². The summed E-state index contributed by atoms with van der Waals surface area (Å²) in [4.78, 5) is 23.6. The Morgan fingerprint density at radius 3 is 2.51 bits per heavy atom. The number of thiazole rings is 1. The van der Waals surface area contributed by atoms with Crippen molar-refractivity contribution in [2.24, 2.45) is 4.99 Å². The van der Waals surface area contributed by atoms with Crippen LogP contribution >= 0.6 is 46.3 Å². The van der Waals surface area contributed by atoms with Crippen LogP contribution in [0.4, 0.5) is 10.8 Å². The molecule has 2 aromatic carbocycles. The van der Waals surface area contributed by atoms with Gasteiger partial charge >= 0.3 is 0 Å². The van der Waals surface area contributed by atoms with Gasteiger partial charge in [0, 0.05) is 39.8 Å². The van der Waals surface area contributed by atoms with E-state index in [1.165, 1.54) is 46.3 Å². The van der Waals surface area contributed by atoms with Crippen molar-refractivity contribution in [2.45, 2.75) is 4.90 Å². The molecule has 13 heteroatoms. The lowest BCUT2D eigenvalue weighted by atomic mass is 10.2. The van der Waals surface area contributed by atoms with Gasteiger partial charge in [0.05, 0.1) is 15.5 Å². The summed E-state index contributed by atoms with van der Waals surface area (Å²) in [6, 6.07) is 14.6. The molecule has 1 N–H and O–H groups in total. The Hall–Kier alpha value is -3.35. The number of rotatable bonds is 8. The highest BCUT2D eigenvalue weighted by molar-refractivity contribution is 8.18. The number of furan rings is 1. The Balaban J connectivity index is 1.38. The molecule has 0 spiro atoms. The highest BCUT2D eigenvalue weighted by Gasteiger charge is 2.33. The molecule has 0 bridgehead atoms. The maximum Gasteiger partial charge on any atom is 0.267 e. The Morgan fingerprint density at radius 1 is 1.10 bits per heavy atom. The molecule has 0 saturated carbocycles. The average molecular weight is 618 g/mol. The van der Waals surface area contributed by atoms with Crippen LogP contribution in [-0.4, -0.2) is 35.9 Å². The van der Waals surface area contributed by atoms with E-state index in [-0.39, 0.29) is 22.5 Å². The van der Waals surface area contributed by atoms with Crippen molar-refractivity contribution in [1.82, 2.24) is 9.88 Å². The van der Waals surface area contributed by atoms with Crippen molar-refractivity contribution in [3.8, 4) is 11.3 Å². The number of anilines is 1. The van der Waals surface area contributed by atoms with Gasteiger partial charge in [-0.25, -0.2) is 18.4 Å². The minimum Gasteiger partial charge on any atom is -0.457 e. The Labute approximate surface area is 242 Å². The Morgan fingerprint density at radius 2 is 1.85 bits per heavy atom. The van der Waals surface area contributed by atoms with E-state index < -0.39 is 10.0 Å². The van der Waals surface area contributed by atoms with Crippen LogP contribution in [0.25, 0.3) is 17.4 Å². The quantitative estimate of drug-likeness (QED) is 0.164. The van der Waals surface area contributed by atoms with E-state index in [2.05, 4.69) is 21.3 Å². The van der Waals surface area contributed by atoms with Crippen molar-refractivity contribution < 1.29 is 17.6 Å². The van der Waals surface area contributed by atoms with Crippen LogP contribution in [0.2, 0.25) is 10.0 Å². The smallest absolute Gasteiger partial charge is 0.267 e. The van der Waals surface area contributed by atoms with Crippen LogP contribution in [0.1, 0.15) is 5.76 Å².